The fourth-order valence-electron chi connectivity index (χ4n) is 2.33. The Balaban J connectivity index is 1.46. The van der Waals surface area contributed by atoms with Crippen molar-refractivity contribution in [1.82, 2.24) is 14.9 Å². The quantitative estimate of drug-likeness (QED) is 0.707. The highest BCUT2D eigenvalue weighted by Crippen LogP contribution is 2.21. The van der Waals surface area contributed by atoms with Gasteiger partial charge < -0.3 is 9.64 Å². The van der Waals surface area contributed by atoms with Gasteiger partial charge in [-0.2, -0.15) is 0 Å². The molecule has 0 N–H and O–H groups in total. The van der Waals surface area contributed by atoms with Gasteiger partial charge in [-0.3, -0.25) is 4.79 Å². The molecule has 8 heteroatoms. The third kappa shape index (κ3) is 4.67. The topological polar surface area (TPSA) is 55.3 Å². The molecule has 1 aromatic carbocycles. The molecular formula is C16H15BrFN3O2S. The van der Waals surface area contributed by atoms with Crippen LogP contribution >= 0.6 is 27.7 Å². The van der Waals surface area contributed by atoms with E-state index in [-0.39, 0.29) is 17.8 Å². The number of hydrogen-bond acceptors (Lipinski definition) is 5. The molecule has 2 heterocycles. The van der Waals surface area contributed by atoms with Gasteiger partial charge in [-0.25, -0.2) is 14.4 Å². The van der Waals surface area contributed by atoms with Gasteiger partial charge >= 0.3 is 6.01 Å². The average Bonchev–Trinajstić information content (AvgIpc) is 3.05. The van der Waals surface area contributed by atoms with E-state index in [1.54, 1.807) is 29.4 Å². The lowest BCUT2D eigenvalue weighted by atomic mass is 10.3. The highest BCUT2D eigenvalue weighted by Gasteiger charge is 2.28. The van der Waals surface area contributed by atoms with Crippen molar-refractivity contribution >= 4 is 33.6 Å². The molecule has 2 aromatic rings. The number of carbonyl (C=O) groups is 1. The Morgan fingerprint density at radius 2 is 2.04 bits per heavy atom. The molecule has 24 heavy (non-hydrogen) atoms. The van der Waals surface area contributed by atoms with Crippen LogP contribution in [0.15, 0.2) is 46.0 Å². The number of likely N-dealkylation sites (tertiary alicyclic amines) is 1. The van der Waals surface area contributed by atoms with E-state index in [0.717, 1.165) is 15.8 Å². The van der Waals surface area contributed by atoms with Gasteiger partial charge in [0.25, 0.3) is 0 Å². The van der Waals surface area contributed by atoms with Crippen LogP contribution in [-0.2, 0) is 4.79 Å². The van der Waals surface area contributed by atoms with Crippen LogP contribution in [-0.4, -0.2) is 45.7 Å². The maximum absolute atomic E-state index is 12.9. The van der Waals surface area contributed by atoms with Gasteiger partial charge in [0, 0.05) is 30.3 Å². The first-order valence-electron chi connectivity index (χ1n) is 7.40. The molecule has 1 fully saturated rings. The van der Waals surface area contributed by atoms with Crippen LogP contribution in [0.25, 0.3) is 0 Å². The van der Waals surface area contributed by atoms with Crippen molar-refractivity contribution in [2.75, 3.05) is 18.8 Å². The van der Waals surface area contributed by atoms with Gasteiger partial charge in [0.15, 0.2) is 0 Å². The molecule has 1 atom stereocenters. The number of thioether (sulfide) groups is 1. The van der Waals surface area contributed by atoms with Crippen LogP contribution in [0.1, 0.15) is 6.42 Å². The summed E-state index contributed by atoms with van der Waals surface area (Å²) in [7, 11) is 0. The normalized spacial score (nSPS) is 17.1. The largest absolute Gasteiger partial charge is 0.458 e. The Hall–Kier alpha value is -1.67. The minimum atomic E-state index is -0.277. The summed E-state index contributed by atoms with van der Waals surface area (Å²) in [4.78, 5) is 23.1. The number of amides is 1. The number of aromatic nitrogens is 2. The molecule has 0 saturated carbocycles. The Morgan fingerprint density at radius 1 is 1.33 bits per heavy atom. The lowest BCUT2D eigenvalue weighted by Crippen LogP contribution is -2.32. The number of halogens is 2. The summed E-state index contributed by atoms with van der Waals surface area (Å²) in [5.41, 5.74) is 0. The minimum absolute atomic E-state index is 0.0483. The zero-order chi connectivity index (χ0) is 16.9. The van der Waals surface area contributed by atoms with Gasteiger partial charge in [0.1, 0.15) is 11.9 Å². The smallest absolute Gasteiger partial charge is 0.316 e. The lowest BCUT2D eigenvalue weighted by molar-refractivity contribution is -0.127. The molecule has 5 nitrogen and oxygen atoms in total. The second-order valence-corrected chi connectivity index (χ2v) is 7.26. The molecule has 1 saturated heterocycles. The van der Waals surface area contributed by atoms with Crippen molar-refractivity contribution in [3.05, 3.63) is 46.9 Å². The first-order chi connectivity index (χ1) is 11.6. The average molecular weight is 412 g/mol. The number of ether oxygens (including phenoxy) is 1. The van der Waals surface area contributed by atoms with Crippen molar-refractivity contribution in [3.8, 4) is 6.01 Å². The molecule has 0 bridgehead atoms. The molecule has 1 aliphatic rings. The SMILES string of the molecule is O=C(CSc1ccc(F)cc1)N1CC[C@@H](Oc2ncc(Br)cn2)C1. The number of hydrogen-bond donors (Lipinski definition) is 0. The summed E-state index contributed by atoms with van der Waals surface area (Å²) in [6, 6.07) is 6.45. The molecular weight excluding hydrogens is 397 g/mol. The summed E-state index contributed by atoms with van der Waals surface area (Å²) in [5, 5.41) is 0. The number of rotatable bonds is 5. The van der Waals surface area contributed by atoms with Gasteiger partial charge in [0.05, 0.1) is 16.8 Å². The number of carbonyl (C=O) groups excluding carboxylic acids is 1. The van der Waals surface area contributed by atoms with E-state index in [4.69, 9.17) is 4.74 Å². The summed E-state index contributed by atoms with van der Waals surface area (Å²) in [6.07, 6.45) is 3.91. The second-order valence-electron chi connectivity index (χ2n) is 5.29. The minimum Gasteiger partial charge on any atom is -0.458 e. The Bertz CT molecular complexity index is 699. The van der Waals surface area contributed by atoms with E-state index in [2.05, 4.69) is 25.9 Å². The summed E-state index contributed by atoms with van der Waals surface area (Å²) in [5.74, 6) is 0.0974. The molecule has 0 unspecified atom stereocenters. The maximum Gasteiger partial charge on any atom is 0.316 e. The Kier molecular flexibility index (Phi) is 5.68. The van der Waals surface area contributed by atoms with Crippen molar-refractivity contribution in [2.45, 2.75) is 17.4 Å². The van der Waals surface area contributed by atoms with Crippen molar-refractivity contribution < 1.29 is 13.9 Å². The molecule has 1 aromatic heterocycles. The summed E-state index contributed by atoms with van der Waals surface area (Å²) in [6.45, 7) is 1.19. The van der Waals surface area contributed by atoms with E-state index in [1.807, 2.05) is 0 Å². The Labute approximate surface area is 151 Å². The monoisotopic (exact) mass is 411 g/mol. The number of nitrogens with zero attached hydrogens (tertiary/aromatic N) is 3. The zero-order valence-electron chi connectivity index (χ0n) is 12.7. The van der Waals surface area contributed by atoms with Crippen molar-refractivity contribution in [3.63, 3.8) is 0 Å². The summed E-state index contributed by atoms with van der Waals surface area (Å²) >= 11 is 4.67. The molecule has 1 amide bonds. The van der Waals surface area contributed by atoms with Crippen LogP contribution in [0.2, 0.25) is 0 Å². The highest BCUT2D eigenvalue weighted by molar-refractivity contribution is 9.10. The standard InChI is InChI=1S/C16H15BrFN3O2S/c17-11-7-19-16(20-8-11)23-13-5-6-21(9-13)15(22)10-24-14-3-1-12(18)2-4-14/h1-4,7-8,13H,5-6,9-10H2/t13-/m1/s1. The highest BCUT2D eigenvalue weighted by atomic mass is 79.9. The van der Waals surface area contributed by atoms with E-state index >= 15 is 0 Å². The molecule has 0 radical (unpaired) electrons. The van der Waals surface area contributed by atoms with Crippen molar-refractivity contribution in [1.29, 1.82) is 0 Å². The van der Waals surface area contributed by atoms with Crippen LogP contribution in [0.3, 0.4) is 0 Å². The van der Waals surface area contributed by atoms with E-state index < -0.39 is 0 Å². The first kappa shape index (κ1) is 17.2. The molecule has 1 aliphatic heterocycles. The number of benzene rings is 1. The second kappa shape index (κ2) is 7.94. The van der Waals surface area contributed by atoms with Gasteiger partial charge in [-0.1, -0.05) is 0 Å². The fourth-order valence-corrected chi connectivity index (χ4v) is 3.33. The Morgan fingerprint density at radius 3 is 2.75 bits per heavy atom. The molecule has 0 spiro atoms. The van der Waals surface area contributed by atoms with Gasteiger partial charge in [0.2, 0.25) is 5.91 Å². The molecule has 3 rings (SSSR count). The van der Waals surface area contributed by atoms with E-state index in [1.165, 1.54) is 23.9 Å². The van der Waals surface area contributed by atoms with E-state index in [0.29, 0.717) is 24.9 Å². The van der Waals surface area contributed by atoms with E-state index in [9.17, 15) is 9.18 Å². The molecule has 0 aliphatic carbocycles. The third-order valence-corrected chi connectivity index (χ3v) is 4.95. The van der Waals surface area contributed by atoms with Gasteiger partial charge in [-0.15, -0.1) is 11.8 Å². The maximum atomic E-state index is 12.9. The summed E-state index contributed by atoms with van der Waals surface area (Å²) < 4.78 is 19.4. The predicted octanol–water partition coefficient (Wildman–Crippen LogP) is 3.15. The van der Waals surface area contributed by atoms with Gasteiger partial charge in [-0.05, 0) is 40.2 Å². The van der Waals surface area contributed by atoms with Crippen LogP contribution in [0, 0.1) is 5.82 Å². The van der Waals surface area contributed by atoms with Crippen molar-refractivity contribution in [2.24, 2.45) is 0 Å². The predicted molar refractivity (Wildman–Crippen MR) is 92.5 cm³/mol. The van der Waals surface area contributed by atoms with Crippen LogP contribution in [0.5, 0.6) is 6.01 Å². The first-order valence-corrected chi connectivity index (χ1v) is 9.18. The van der Waals surface area contributed by atoms with Crippen LogP contribution < -0.4 is 4.74 Å². The van der Waals surface area contributed by atoms with Crippen LogP contribution in [0.4, 0.5) is 4.39 Å². The lowest BCUT2D eigenvalue weighted by Gasteiger charge is -2.16. The zero-order valence-corrected chi connectivity index (χ0v) is 15.1. The third-order valence-electron chi connectivity index (χ3n) is 3.54. The fraction of sp³-hybridized carbons (Fsp3) is 0.312. The molecule has 126 valence electrons.